The van der Waals surface area contributed by atoms with Crippen LogP contribution in [0.15, 0.2) is 59.3 Å². The van der Waals surface area contributed by atoms with E-state index in [1.54, 1.807) is 36.9 Å². The van der Waals surface area contributed by atoms with E-state index in [-0.39, 0.29) is 0 Å². The predicted octanol–water partition coefficient (Wildman–Crippen LogP) is 8.68. The van der Waals surface area contributed by atoms with Gasteiger partial charge in [-0.25, -0.2) is 0 Å². The fraction of sp³-hybridized carbons (Fsp3) is 0.0909. The van der Waals surface area contributed by atoms with Gasteiger partial charge in [0.25, 0.3) is 0 Å². The molecule has 0 bridgehead atoms. The summed E-state index contributed by atoms with van der Waals surface area (Å²) in [5.74, 6) is 1.90. The molecule has 0 amide bonds. The number of thiophene rings is 5. The predicted molar refractivity (Wildman–Crippen MR) is 131 cm³/mol. The minimum Gasteiger partial charge on any atom is -0.495 e. The molecule has 29 heavy (non-hydrogen) atoms. The maximum atomic E-state index is 5.48. The van der Waals surface area contributed by atoms with Gasteiger partial charge in [0.2, 0.25) is 0 Å². The lowest BCUT2D eigenvalue weighted by Gasteiger charge is -1.98. The molecule has 0 unspecified atom stereocenters. The van der Waals surface area contributed by atoms with E-state index in [0.29, 0.717) is 0 Å². The lowest BCUT2D eigenvalue weighted by Crippen LogP contribution is -1.79. The van der Waals surface area contributed by atoms with Crippen molar-refractivity contribution >= 4 is 56.7 Å². The Kier molecular flexibility index (Phi) is 5.32. The largest absolute Gasteiger partial charge is 0.495 e. The molecule has 0 aliphatic carbocycles. The lowest BCUT2D eigenvalue weighted by atomic mass is 10.3. The molecule has 146 valence electrons. The zero-order valence-electron chi connectivity index (χ0n) is 15.6. The molecule has 0 aliphatic heterocycles. The Morgan fingerprint density at radius 3 is 1.21 bits per heavy atom. The third-order valence-electron chi connectivity index (χ3n) is 4.45. The molecule has 7 heteroatoms. The van der Waals surface area contributed by atoms with Crippen molar-refractivity contribution in [2.45, 2.75) is 0 Å². The number of hydrogen-bond donors (Lipinski definition) is 0. The smallest absolute Gasteiger partial charge is 0.138 e. The van der Waals surface area contributed by atoms with Crippen LogP contribution < -0.4 is 9.47 Å². The van der Waals surface area contributed by atoms with Gasteiger partial charge < -0.3 is 9.47 Å². The second-order valence-electron chi connectivity index (χ2n) is 6.13. The summed E-state index contributed by atoms with van der Waals surface area (Å²) in [7, 11) is 3.46. The van der Waals surface area contributed by atoms with E-state index < -0.39 is 0 Å². The second kappa shape index (κ2) is 8.08. The first-order valence-electron chi connectivity index (χ1n) is 8.81. The third-order valence-corrected chi connectivity index (χ3v) is 10.2. The van der Waals surface area contributed by atoms with Gasteiger partial charge in [0.05, 0.1) is 24.0 Å². The number of ether oxygens (including phenoxy) is 2. The lowest BCUT2D eigenvalue weighted by molar-refractivity contribution is 0.418. The van der Waals surface area contributed by atoms with Crippen LogP contribution in [0.2, 0.25) is 0 Å². The van der Waals surface area contributed by atoms with Crippen molar-refractivity contribution < 1.29 is 9.47 Å². The van der Waals surface area contributed by atoms with Crippen molar-refractivity contribution in [1.29, 1.82) is 0 Å². The zero-order valence-corrected chi connectivity index (χ0v) is 19.7. The van der Waals surface area contributed by atoms with Gasteiger partial charge in [0.1, 0.15) is 11.5 Å². The van der Waals surface area contributed by atoms with Crippen LogP contribution in [0.1, 0.15) is 0 Å². The second-order valence-corrected chi connectivity index (χ2v) is 11.2. The molecule has 2 nitrogen and oxygen atoms in total. The molecule has 0 saturated carbocycles. The molecule has 5 heterocycles. The maximum absolute atomic E-state index is 5.48. The van der Waals surface area contributed by atoms with E-state index in [0.717, 1.165) is 11.5 Å². The van der Waals surface area contributed by atoms with Crippen molar-refractivity contribution in [2.24, 2.45) is 0 Å². The Labute approximate surface area is 189 Å². The highest BCUT2D eigenvalue weighted by molar-refractivity contribution is 7.29. The normalized spacial score (nSPS) is 11.1. The molecule has 5 rings (SSSR count). The quantitative estimate of drug-likeness (QED) is 0.246. The summed E-state index contributed by atoms with van der Waals surface area (Å²) in [5.41, 5.74) is 0. The molecule has 0 atom stereocenters. The van der Waals surface area contributed by atoms with Crippen LogP contribution in [-0.2, 0) is 0 Å². The Balaban J connectivity index is 1.42. The molecule has 0 aliphatic rings. The third kappa shape index (κ3) is 3.58. The van der Waals surface area contributed by atoms with Crippen LogP contribution >= 0.6 is 56.7 Å². The van der Waals surface area contributed by atoms with Gasteiger partial charge in [-0.3, -0.25) is 0 Å². The van der Waals surface area contributed by atoms with Gasteiger partial charge in [0.15, 0.2) is 0 Å². The molecular weight excluding hydrogens is 457 g/mol. The maximum Gasteiger partial charge on any atom is 0.138 e. The fourth-order valence-corrected chi connectivity index (χ4v) is 8.25. The Morgan fingerprint density at radius 2 is 0.828 bits per heavy atom. The topological polar surface area (TPSA) is 18.5 Å². The van der Waals surface area contributed by atoms with E-state index in [1.807, 2.05) is 46.1 Å². The number of methoxy groups -OCH3 is 2. The fourth-order valence-electron chi connectivity index (χ4n) is 3.06. The average Bonchev–Trinajstić information content (AvgIpc) is 3.53. The summed E-state index contributed by atoms with van der Waals surface area (Å²) in [6, 6.07) is 17.3. The molecule has 0 spiro atoms. The zero-order chi connectivity index (χ0) is 19.8. The van der Waals surface area contributed by atoms with Crippen LogP contribution in [0.25, 0.3) is 39.0 Å². The number of rotatable bonds is 6. The molecule has 0 fully saturated rings. The summed E-state index contributed by atoms with van der Waals surface area (Å²) in [6.45, 7) is 0. The van der Waals surface area contributed by atoms with E-state index in [9.17, 15) is 0 Å². The average molecular weight is 473 g/mol. The van der Waals surface area contributed by atoms with Gasteiger partial charge >= 0.3 is 0 Å². The first-order valence-corrected chi connectivity index (χ1v) is 13.0. The van der Waals surface area contributed by atoms with Gasteiger partial charge in [-0.05, 0) is 59.3 Å². The van der Waals surface area contributed by atoms with Crippen molar-refractivity contribution in [3.8, 4) is 50.5 Å². The summed E-state index contributed by atoms with van der Waals surface area (Å²) >= 11 is 8.93. The molecule has 5 aromatic rings. The standard InChI is InChI=1S/C22H16O2S5/c1-23-13-9-11-25-21(13)19-7-5-17(28-19)15-3-4-16(27-15)18-6-8-20(29-18)22-14(24-2)10-12-26-22/h3-12H,1-2H3. The van der Waals surface area contributed by atoms with E-state index >= 15 is 0 Å². The van der Waals surface area contributed by atoms with Crippen molar-refractivity contribution in [2.75, 3.05) is 14.2 Å². The molecule has 5 aromatic heterocycles. The first-order chi connectivity index (χ1) is 14.3. The van der Waals surface area contributed by atoms with Crippen LogP contribution in [0.5, 0.6) is 11.5 Å². The van der Waals surface area contributed by atoms with Gasteiger partial charge in [0, 0.05) is 29.3 Å². The van der Waals surface area contributed by atoms with E-state index in [1.165, 1.54) is 39.0 Å². The van der Waals surface area contributed by atoms with Crippen molar-refractivity contribution in [1.82, 2.24) is 0 Å². The molecule has 0 saturated heterocycles. The van der Waals surface area contributed by atoms with Crippen LogP contribution in [0, 0.1) is 0 Å². The minimum atomic E-state index is 0.949. The highest BCUT2D eigenvalue weighted by Gasteiger charge is 2.15. The van der Waals surface area contributed by atoms with Crippen molar-refractivity contribution in [3.63, 3.8) is 0 Å². The SMILES string of the molecule is COc1ccsc1-c1ccc(-c2ccc(-c3ccc(-c4sccc4OC)s3)s2)s1. The van der Waals surface area contributed by atoms with E-state index in [4.69, 9.17) is 9.47 Å². The minimum absolute atomic E-state index is 0.949. The van der Waals surface area contributed by atoms with Crippen LogP contribution in [0.4, 0.5) is 0 Å². The molecule has 0 aromatic carbocycles. The van der Waals surface area contributed by atoms with Crippen LogP contribution in [-0.4, -0.2) is 14.2 Å². The molecule has 0 N–H and O–H groups in total. The summed E-state index contributed by atoms with van der Waals surface area (Å²) < 4.78 is 11.0. The van der Waals surface area contributed by atoms with Gasteiger partial charge in [-0.2, -0.15) is 0 Å². The first kappa shape index (κ1) is 19.1. The summed E-state index contributed by atoms with van der Waals surface area (Å²) in [4.78, 5) is 10.1. The van der Waals surface area contributed by atoms with Crippen molar-refractivity contribution in [3.05, 3.63) is 59.3 Å². The highest BCUT2D eigenvalue weighted by atomic mass is 32.1. The van der Waals surface area contributed by atoms with E-state index in [2.05, 4.69) is 47.2 Å². The van der Waals surface area contributed by atoms with Gasteiger partial charge in [-0.15, -0.1) is 56.7 Å². The summed E-state index contributed by atoms with van der Waals surface area (Å²) in [6.07, 6.45) is 0. The monoisotopic (exact) mass is 472 g/mol. The summed E-state index contributed by atoms with van der Waals surface area (Å²) in [5, 5.41) is 4.15. The van der Waals surface area contributed by atoms with Crippen LogP contribution in [0.3, 0.4) is 0 Å². The highest BCUT2D eigenvalue weighted by Crippen LogP contribution is 2.46. The number of hydrogen-bond acceptors (Lipinski definition) is 7. The van der Waals surface area contributed by atoms with Gasteiger partial charge in [-0.1, -0.05) is 0 Å². The Bertz CT molecular complexity index is 1150. The Hall–Kier alpha value is -1.90. The molecule has 0 radical (unpaired) electrons. The Morgan fingerprint density at radius 1 is 0.483 bits per heavy atom. The molecular formula is C22H16O2S5.